The number of ether oxygens (including phenoxy) is 2. The van der Waals surface area contributed by atoms with Gasteiger partial charge in [-0.05, 0) is 30.2 Å². The van der Waals surface area contributed by atoms with E-state index in [0.29, 0.717) is 18.0 Å². The van der Waals surface area contributed by atoms with Gasteiger partial charge >= 0.3 is 0 Å². The lowest BCUT2D eigenvalue weighted by Crippen LogP contribution is -2.42. The molecule has 1 atom stereocenters. The summed E-state index contributed by atoms with van der Waals surface area (Å²) in [6.45, 7) is 2.39. The maximum Gasteiger partial charge on any atom is 0.189 e. The number of hydrogen-bond donors (Lipinski definition) is 3. The predicted octanol–water partition coefficient (Wildman–Crippen LogP) is 2.63. The molecule has 0 fully saturated rings. The molecule has 0 bridgehead atoms. The Balaban J connectivity index is 0.00000338. The van der Waals surface area contributed by atoms with Gasteiger partial charge in [0.25, 0.3) is 0 Å². The molecule has 7 heteroatoms. The Morgan fingerprint density at radius 2 is 1.77 bits per heavy atom. The monoisotopic (exact) mass is 471 g/mol. The molecule has 0 aromatic heterocycles. The summed E-state index contributed by atoms with van der Waals surface area (Å²) in [6, 6.07) is 15.0. The highest BCUT2D eigenvalue weighted by Gasteiger charge is 2.22. The van der Waals surface area contributed by atoms with Crippen LogP contribution in [0.1, 0.15) is 18.1 Å². The molecule has 0 aliphatic carbocycles. The van der Waals surface area contributed by atoms with Gasteiger partial charge < -0.3 is 25.6 Å². The van der Waals surface area contributed by atoms with E-state index in [-0.39, 0.29) is 36.5 Å². The number of guanidine groups is 1. The molecule has 0 radical (unpaired) electrons. The number of aliphatic imine (C=N–C) groups is 1. The number of nitrogens with two attached hydrogens (primary N) is 1. The highest BCUT2D eigenvalue weighted by atomic mass is 127. The zero-order valence-corrected chi connectivity index (χ0v) is 17.6. The minimum absolute atomic E-state index is 0. The predicted molar refractivity (Wildman–Crippen MR) is 114 cm³/mol. The molecule has 0 spiro atoms. The van der Waals surface area contributed by atoms with Crippen molar-refractivity contribution in [3.8, 4) is 11.5 Å². The van der Waals surface area contributed by atoms with Crippen molar-refractivity contribution in [1.82, 2.24) is 5.32 Å². The molecule has 0 aliphatic rings. The van der Waals surface area contributed by atoms with Crippen LogP contribution >= 0.6 is 24.0 Å². The van der Waals surface area contributed by atoms with Crippen molar-refractivity contribution >= 4 is 29.9 Å². The highest BCUT2D eigenvalue weighted by Crippen LogP contribution is 2.27. The first-order chi connectivity index (χ1) is 12.0. The number of aliphatic hydroxyl groups is 1. The van der Waals surface area contributed by atoms with Crippen LogP contribution in [0.2, 0.25) is 0 Å². The van der Waals surface area contributed by atoms with E-state index in [1.54, 1.807) is 21.1 Å². The second-order valence-corrected chi connectivity index (χ2v) is 5.88. The molecule has 2 aromatic rings. The number of halogens is 1. The van der Waals surface area contributed by atoms with E-state index in [1.165, 1.54) is 0 Å². The third kappa shape index (κ3) is 6.06. The summed E-state index contributed by atoms with van der Waals surface area (Å²) in [7, 11) is 3.18. The van der Waals surface area contributed by atoms with Crippen molar-refractivity contribution in [1.29, 1.82) is 0 Å². The number of nitrogens with zero attached hydrogens (tertiary/aromatic N) is 1. The summed E-state index contributed by atoms with van der Waals surface area (Å²) >= 11 is 0. The molecule has 1 unspecified atom stereocenters. The van der Waals surface area contributed by atoms with Gasteiger partial charge in [-0.15, -0.1) is 24.0 Å². The Kier molecular flexibility index (Phi) is 8.67. The second kappa shape index (κ2) is 10.2. The van der Waals surface area contributed by atoms with Gasteiger partial charge in [0.05, 0.1) is 27.3 Å². The molecule has 142 valence electrons. The molecule has 2 aromatic carbocycles. The maximum atomic E-state index is 10.5. The largest absolute Gasteiger partial charge is 0.493 e. The summed E-state index contributed by atoms with van der Waals surface area (Å²) in [5.41, 5.74) is 6.63. The lowest BCUT2D eigenvalue weighted by molar-refractivity contribution is 0.0618. The quantitative estimate of drug-likeness (QED) is 0.328. The molecule has 0 aliphatic heterocycles. The molecule has 2 rings (SSSR count). The van der Waals surface area contributed by atoms with E-state index in [2.05, 4.69) is 10.3 Å². The van der Waals surface area contributed by atoms with Crippen LogP contribution in [0.3, 0.4) is 0 Å². The first-order valence-corrected chi connectivity index (χ1v) is 7.99. The maximum absolute atomic E-state index is 10.5. The smallest absolute Gasteiger partial charge is 0.189 e. The van der Waals surface area contributed by atoms with Gasteiger partial charge in [-0.25, -0.2) is 4.99 Å². The summed E-state index contributed by atoms with van der Waals surface area (Å²) in [5, 5.41) is 13.5. The van der Waals surface area contributed by atoms with Crippen LogP contribution in [-0.2, 0) is 12.1 Å². The lowest BCUT2D eigenvalue weighted by Gasteiger charge is -2.24. The Morgan fingerprint density at radius 3 is 2.38 bits per heavy atom. The fourth-order valence-electron chi connectivity index (χ4n) is 2.37. The van der Waals surface area contributed by atoms with Gasteiger partial charge in [-0.2, -0.15) is 0 Å². The normalized spacial score (nSPS) is 13.3. The average Bonchev–Trinajstić information content (AvgIpc) is 2.65. The van der Waals surface area contributed by atoms with Crippen molar-refractivity contribution in [2.24, 2.45) is 10.7 Å². The van der Waals surface area contributed by atoms with Crippen LogP contribution in [0.5, 0.6) is 11.5 Å². The number of benzene rings is 2. The lowest BCUT2D eigenvalue weighted by atomic mass is 9.96. The minimum Gasteiger partial charge on any atom is -0.493 e. The average molecular weight is 471 g/mol. The SMILES string of the molecule is COc1ccc(CN=C(N)NCC(C)(O)c2ccccc2)cc1OC.I. The zero-order chi connectivity index (χ0) is 18.3. The van der Waals surface area contributed by atoms with E-state index >= 15 is 0 Å². The molecular weight excluding hydrogens is 445 g/mol. The second-order valence-electron chi connectivity index (χ2n) is 5.88. The molecule has 0 saturated heterocycles. The van der Waals surface area contributed by atoms with Crippen molar-refractivity contribution in [3.63, 3.8) is 0 Å². The third-order valence-electron chi connectivity index (χ3n) is 3.89. The molecule has 4 N–H and O–H groups in total. The van der Waals surface area contributed by atoms with Crippen molar-refractivity contribution in [3.05, 3.63) is 59.7 Å². The van der Waals surface area contributed by atoms with Crippen LogP contribution in [0.15, 0.2) is 53.5 Å². The molecule has 0 amide bonds. The van der Waals surface area contributed by atoms with Crippen LogP contribution in [0.25, 0.3) is 0 Å². The first kappa shape index (κ1) is 22.0. The van der Waals surface area contributed by atoms with Gasteiger partial charge in [0.1, 0.15) is 5.60 Å². The van der Waals surface area contributed by atoms with Crippen LogP contribution in [-0.4, -0.2) is 31.8 Å². The van der Waals surface area contributed by atoms with Crippen LogP contribution < -0.4 is 20.5 Å². The highest BCUT2D eigenvalue weighted by molar-refractivity contribution is 14.0. The Hall–Kier alpha value is -2.00. The molecule has 0 saturated carbocycles. The van der Waals surface area contributed by atoms with E-state index in [9.17, 15) is 5.11 Å². The minimum atomic E-state index is -1.04. The number of nitrogens with one attached hydrogen (secondary N) is 1. The number of methoxy groups -OCH3 is 2. The number of hydrogen-bond acceptors (Lipinski definition) is 4. The molecular formula is C19H26IN3O3. The van der Waals surface area contributed by atoms with Gasteiger partial charge in [0.2, 0.25) is 0 Å². The number of rotatable bonds is 7. The van der Waals surface area contributed by atoms with Crippen molar-refractivity contribution < 1.29 is 14.6 Å². The zero-order valence-electron chi connectivity index (χ0n) is 15.2. The molecule has 26 heavy (non-hydrogen) atoms. The van der Waals surface area contributed by atoms with Gasteiger partial charge in [0.15, 0.2) is 17.5 Å². The van der Waals surface area contributed by atoms with Crippen LogP contribution in [0, 0.1) is 0 Å². The topological polar surface area (TPSA) is 89.1 Å². The van der Waals surface area contributed by atoms with E-state index < -0.39 is 5.60 Å². The molecule has 0 heterocycles. The Bertz CT molecular complexity index is 721. The van der Waals surface area contributed by atoms with Gasteiger partial charge in [-0.1, -0.05) is 36.4 Å². The first-order valence-electron chi connectivity index (χ1n) is 7.99. The van der Waals surface area contributed by atoms with Crippen molar-refractivity contribution in [2.45, 2.75) is 19.1 Å². The van der Waals surface area contributed by atoms with E-state index in [0.717, 1.165) is 11.1 Å². The van der Waals surface area contributed by atoms with E-state index in [4.69, 9.17) is 15.2 Å². The fourth-order valence-corrected chi connectivity index (χ4v) is 2.37. The standard InChI is InChI=1S/C19H25N3O3.HI/c1-19(23,15-7-5-4-6-8-15)13-22-18(20)21-12-14-9-10-16(24-2)17(11-14)25-3;/h4-11,23H,12-13H2,1-3H3,(H3,20,21,22);1H. The summed E-state index contributed by atoms with van der Waals surface area (Å²) in [4.78, 5) is 4.30. The summed E-state index contributed by atoms with van der Waals surface area (Å²) in [5.74, 6) is 1.58. The van der Waals surface area contributed by atoms with Crippen LogP contribution in [0.4, 0.5) is 0 Å². The summed E-state index contributed by atoms with van der Waals surface area (Å²) < 4.78 is 10.5. The fraction of sp³-hybridized carbons (Fsp3) is 0.316. The van der Waals surface area contributed by atoms with Gasteiger partial charge in [0, 0.05) is 0 Å². The molecule has 6 nitrogen and oxygen atoms in total. The van der Waals surface area contributed by atoms with Crippen molar-refractivity contribution in [2.75, 3.05) is 20.8 Å². The Labute approximate surface area is 171 Å². The Morgan fingerprint density at radius 1 is 1.12 bits per heavy atom. The van der Waals surface area contributed by atoms with Gasteiger partial charge in [-0.3, -0.25) is 0 Å². The third-order valence-corrected chi connectivity index (χ3v) is 3.89. The summed E-state index contributed by atoms with van der Waals surface area (Å²) in [6.07, 6.45) is 0. The van der Waals surface area contributed by atoms with E-state index in [1.807, 2.05) is 48.5 Å².